The van der Waals surface area contributed by atoms with Gasteiger partial charge in [-0.25, -0.2) is 0 Å². The van der Waals surface area contributed by atoms with E-state index >= 15 is 0 Å². The number of likely N-dealkylation sites (tertiary alicyclic amines) is 1. The molecule has 7 rings (SSSR count). The number of hydrogen-bond acceptors (Lipinski definition) is 5. The summed E-state index contributed by atoms with van der Waals surface area (Å²) in [6.07, 6.45) is 8.25. The first-order chi connectivity index (χ1) is 22.6. The second kappa shape index (κ2) is 13.9. The van der Waals surface area contributed by atoms with Gasteiger partial charge in [-0.2, -0.15) is 0 Å². The first-order valence-corrected chi connectivity index (χ1v) is 17.5. The first kappa shape index (κ1) is 33.3. The molecule has 3 aliphatic carbocycles. The Kier molecular flexibility index (Phi) is 9.84. The van der Waals surface area contributed by atoms with E-state index in [2.05, 4.69) is 49.1 Å². The monoisotopic (exact) mass is 634 g/mol. The lowest BCUT2D eigenvalue weighted by atomic mass is 9.64. The number of aliphatic hydroxyl groups is 2. The molecule has 4 N–H and O–H groups in total. The number of β-amino-alcohol motifs (C(OH)–C–C–N with tert-alkyl or cyclic N) is 1. The summed E-state index contributed by atoms with van der Waals surface area (Å²) in [6, 6.07) is 24.2. The maximum Gasteiger partial charge on any atom is 0.220 e. The SMILES string of the molecule is CC1=CCC[C@@]2(C)[C@@H](CC[C@@]2(O)CN2CCC(C(N)=O)CC2)c2ccc(cc2C(=O)c2ccc(-c3ccccc3)cc2)C[C@@H](O)CC1. The molecule has 3 aromatic carbocycles. The molecule has 0 aromatic heterocycles. The molecule has 2 bridgehead atoms. The highest BCUT2D eigenvalue weighted by atomic mass is 16.3. The highest BCUT2D eigenvalue weighted by Crippen LogP contribution is 2.59. The normalized spacial score (nSPS) is 27.5. The Bertz CT molecular complexity index is 1610. The molecule has 1 saturated carbocycles. The summed E-state index contributed by atoms with van der Waals surface area (Å²) in [6.45, 7) is 6.40. The van der Waals surface area contributed by atoms with Crippen molar-refractivity contribution in [1.29, 1.82) is 0 Å². The quantitative estimate of drug-likeness (QED) is 0.204. The Balaban J connectivity index is 1.37. The van der Waals surface area contributed by atoms with Crippen LogP contribution < -0.4 is 5.73 Å². The van der Waals surface area contributed by atoms with Crippen LogP contribution in [-0.2, 0) is 11.2 Å². The van der Waals surface area contributed by atoms with Crippen molar-refractivity contribution in [3.8, 4) is 11.1 Å². The van der Waals surface area contributed by atoms with E-state index in [1.54, 1.807) is 0 Å². The summed E-state index contributed by atoms with van der Waals surface area (Å²) >= 11 is 0. The molecule has 1 amide bonds. The second-order valence-corrected chi connectivity index (χ2v) is 14.7. The third-order valence-electron chi connectivity index (χ3n) is 11.6. The fourth-order valence-electron chi connectivity index (χ4n) is 8.54. The number of aliphatic hydroxyl groups excluding tert-OH is 1. The van der Waals surface area contributed by atoms with E-state index in [0.717, 1.165) is 73.9 Å². The lowest BCUT2D eigenvalue weighted by molar-refractivity contribution is -0.124. The minimum absolute atomic E-state index is 0.0196. The number of nitrogens with two attached hydrogens (primary N) is 1. The van der Waals surface area contributed by atoms with E-state index in [0.29, 0.717) is 36.9 Å². The zero-order valence-corrected chi connectivity index (χ0v) is 28.0. The van der Waals surface area contributed by atoms with Crippen LogP contribution in [0.3, 0.4) is 0 Å². The Labute approximate surface area is 279 Å². The fourth-order valence-corrected chi connectivity index (χ4v) is 8.54. The van der Waals surface area contributed by atoms with Crippen molar-refractivity contribution >= 4 is 11.7 Å². The summed E-state index contributed by atoms with van der Waals surface area (Å²) in [5.74, 6) is -0.367. The van der Waals surface area contributed by atoms with Crippen molar-refractivity contribution in [1.82, 2.24) is 4.90 Å². The predicted octanol–water partition coefficient (Wildman–Crippen LogP) is 6.82. The molecule has 0 unspecified atom stereocenters. The van der Waals surface area contributed by atoms with Gasteiger partial charge in [0.25, 0.3) is 0 Å². The topological polar surface area (TPSA) is 104 Å². The van der Waals surface area contributed by atoms with E-state index in [-0.39, 0.29) is 23.5 Å². The van der Waals surface area contributed by atoms with Gasteiger partial charge in [-0.3, -0.25) is 9.59 Å². The van der Waals surface area contributed by atoms with Gasteiger partial charge in [-0.1, -0.05) is 85.3 Å². The molecule has 4 aliphatic rings. The summed E-state index contributed by atoms with van der Waals surface area (Å²) in [4.78, 5) is 28.6. The molecule has 0 radical (unpaired) electrons. The maximum atomic E-state index is 14.4. The van der Waals surface area contributed by atoms with Crippen molar-refractivity contribution in [2.75, 3.05) is 19.6 Å². The lowest BCUT2D eigenvalue weighted by Gasteiger charge is -2.47. The first-order valence-electron chi connectivity index (χ1n) is 17.5. The van der Waals surface area contributed by atoms with Crippen LogP contribution in [0.1, 0.15) is 98.2 Å². The van der Waals surface area contributed by atoms with Crippen molar-refractivity contribution in [3.63, 3.8) is 0 Å². The standard InChI is InChI=1S/C41H50N2O4/c1-28-7-6-21-40(2)37(18-22-41(40,47)27-43-23-19-33(20-24-43)39(42)46)35-17-11-29(25-34(44)16-10-28)26-36(35)38(45)32-14-12-31(13-15-32)30-8-4-3-5-9-30/h3-5,7-9,11-15,17,26,33-34,37,44,47H,6,10,16,18-25,27H2,1-2H3,(H2,42,46)/t34-,37-,40-,41+/m0/s1. The number of ketones is 1. The maximum absolute atomic E-state index is 14.4. The molecular formula is C41H50N2O4. The molecule has 6 nitrogen and oxygen atoms in total. The van der Waals surface area contributed by atoms with Crippen LogP contribution in [0.4, 0.5) is 0 Å². The van der Waals surface area contributed by atoms with Crippen LogP contribution >= 0.6 is 0 Å². The molecule has 3 aromatic rings. The molecule has 248 valence electrons. The summed E-state index contributed by atoms with van der Waals surface area (Å²) in [5.41, 5.74) is 10.9. The average molecular weight is 635 g/mol. The highest BCUT2D eigenvalue weighted by Gasteiger charge is 2.57. The van der Waals surface area contributed by atoms with Gasteiger partial charge in [0.2, 0.25) is 5.91 Å². The van der Waals surface area contributed by atoms with Gasteiger partial charge in [-0.15, -0.1) is 0 Å². The lowest BCUT2D eigenvalue weighted by Crippen LogP contribution is -2.54. The largest absolute Gasteiger partial charge is 0.393 e. The number of benzene rings is 3. The number of carbonyl (C=O) groups is 2. The van der Waals surface area contributed by atoms with Crippen LogP contribution in [0.25, 0.3) is 11.1 Å². The van der Waals surface area contributed by atoms with Gasteiger partial charge in [0.1, 0.15) is 0 Å². The minimum Gasteiger partial charge on any atom is -0.393 e. The molecule has 1 heterocycles. The number of fused-ring (bicyclic) bond motifs is 8. The van der Waals surface area contributed by atoms with Gasteiger partial charge < -0.3 is 20.8 Å². The fraction of sp³-hybridized carbons (Fsp3) is 0.463. The van der Waals surface area contributed by atoms with E-state index in [9.17, 15) is 19.8 Å². The van der Waals surface area contributed by atoms with Crippen molar-refractivity contribution in [2.24, 2.45) is 17.1 Å². The van der Waals surface area contributed by atoms with Crippen LogP contribution in [0.15, 0.2) is 84.4 Å². The number of hydrogen-bond donors (Lipinski definition) is 3. The number of rotatable bonds is 6. The molecular weight excluding hydrogens is 584 g/mol. The zero-order chi connectivity index (χ0) is 33.2. The van der Waals surface area contributed by atoms with Gasteiger partial charge in [0.05, 0.1) is 11.7 Å². The van der Waals surface area contributed by atoms with E-state index < -0.39 is 17.1 Å². The zero-order valence-electron chi connectivity index (χ0n) is 28.0. The summed E-state index contributed by atoms with van der Waals surface area (Å²) < 4.78 is 0. The minimum atomic E-state index is -0.956. The summed E-state index contributed by atoms with van der Waals surface area (Å²) in [7, 11) is 0. The second-order valence-electron chi connectivity index (χ2n) is 14.7. The molecule has 2 fully saturated rings. The molecule has 1 saturated heterocycles. The highest BCUT2D eigenvalue weighted by molar-refractivity contribution is 6.10. The number of carbonyl (C=O) groups excluding carboxylic acids is 2. The number of nitrogens with zero attached hydrogens (tertiary/aromatic N) is 1. The Morgan fingerprint density at radius 1 is 0.915 bits per heavy atom. The van der Waals surface area contributed by atoms with Gasteiger partial charge >= 0.3 is 0 Å². The van der Waals surface area contributed by atoms with Crippen molar-refractivity contribution in [2.45, 2.75) is 89.3 Å². The smallest absolute Gasteiger partial charge is 0.220 e. The van der Waals surface area contributed by atoms with E-state index in [1.807, 2.05) is 48.5 Å². The van der Waals surface area contributed by atoms with Crippen molar-refractivity contribution < 1.29 is 19.8 Å². The summed E-state index contributed by atoms with van der Waals surface area (Å²) in [5, 5.41) is 23.6. The predicted molar refractivity (Wildman–Crippen MR) is 187 cm³/mol. The van der Waals surface area contributed by atoms with Crippen LogP contribution in [0, 0.1) is 11.3 Å². The van der Waals surface area contributed by atoms with E-state index in [1.165, 1.54) is 5.57 Å². The van der Waals surface area contributed by atoms with Crippen LogP contribution in [0.2, 0.25) is 0 Å². The Morgan fingerprint density at radius 2 is 1.62 bits per heavy atom. The van der Waals surface area contributed by atoms with Crippen molar-refractivity contribution in [3.05, 3.63) is 107 Å². The number of piperidine rings is 1. The number of primary amides is 1. The Morgan fingerprint density at radius 3 is 2.32 bits per heavy atom. The molecule has 47 heavy (non-hydrogen) atoms. The van der Waals surface area contributed by atoms with Gasteiger partial charge in [0, 0.05) is 29.0 Å². The van der Waals surface area contributed by atoms with Gasteiger partial charge in [0.15, 0.2) is 5.78 Å². The number of allylic oxidation sites excluding steroid dienone is 2. The number of amides is 1. The van der Waals surface area contributed by atoms with Crippen LogP contribution in [0.5, 0.6) is 0 Å². The van der Waals surface area contributed by atoms with Crippen LogP contribution in [-0.4, -0.2) is 58.1 Å². The molecule has 4 atom stereocenters. The average Bonchev–Trinajstić information content (AvgIpc) is 3.32. The Hall–Kier alpha value is -3.58. The molecule has 1 aliphatic heterocycles. The molecule has 6 heteroatoms. The van der Waals surface area contributed by atoms with E-state index in [4.69, 9.17) is 5.73 Å². The molecule has 0 spiro atoms. The van der Waals surface area contributed by atoms with Gasteiger partial charge in [-0.05, 0) is 112 Å². The third kappa shape index (κ3) is 7.01. The third-order valence-corrected chi connectivity index (χ3v) is 11.6.